The lowest BCUT2D eigenvalue weighted by molar-refractivity contribution is 0.0636. The number of aromatic amines is 1. The van der Waals surface area contributed by atoms with Crippen LogP contribution < -0.4 is 5.73 Å². The van der Waals surface area contributed by atoms with Gasteiger partial charge >= 0.3 is 0 Å². The average Bonchev–Trinajstić information content (AvgIpc) is 2.98. The van der Waals surface area contributed by atoms with Gasteiger partial charge in [-0.1, -0.05) is 5.16 Å². The Hall–Kier alpha value is -1.80. The summed E-state index contributed by atoms with van der Waals surface area (Å²) in [5, 5.41) is 13.8. The van der Waals surface area contributed by atoms with Gasteiger partial charge in [-0.3, -0.25) is 0 Å². The molecule has 0 aliphatic rings. The van der Waals surface area contributed by atoms with Gasteiger partial charge in [0.2, 0.25) is 11.7 Å². The van der Waals surface area contributed by atoms with Crippen molar-refractivity contribution in [3.63, 3.8) is 0 Å². The second kappa shape index (κ2) is 5.51. The molecule has 1 unspecified atom stereocenters. The molecule has 1 atom stereocenters. The van der Waals surface area contributed by atoms with E-state index in [4.69, 9.17) is 15.0 Å². The number of rotatable bonds is 6. The minimum Gasteiger partial charge on any atom is -0.377 e. The molecule has 2 aromatic heterocycles. The largest absolute Gasteiger partial charge is 0.377 e. The Morgan fingerprint density at radius 1 is 1.59 bits per heavy atom. The van der Waals surface area contributed by atoms with Crippen LogP contribution >= 0.6 is 0 Å². The van der Waals surface area contributed by atoms with Crippen LogP contribution in [0.2, 0.25) is 0 Å². The van der Waals surface area contributed by atoms with Crippen molar-refractivity contribution in [1.29, 1.82) is 0 Å². The Labute approximate surface area is 97.5 Å². The molecule has 17 heavy (non-hydrogen) atoms. The normalized spacial score (nSPS) is 12.8. The third-order valence-corrected chi connectivity index (χ3v) is 2.18. The van der Waals surface area contributed by atoms with Crippen LogP contribution in [0, 0.1) is 0 Å². The predicted octanol–water partition coefficient (Wildman–Crippen LogP) is -0.239. The lowest BCUT2D eigenvalue weighted by Crippen LogP contribution is -2.26. The van der Waals surface area contributed by atoms with E-state index in [0.717, 1.165) is 0 Å². The topological polar surface area (TPSA) is 116 Å². The van der Waals surface area contributed by atoms with Gasteiger partial charge in [-0.15, -0.1) is 0 Å². The standard InChI is InChI=1S/C9H14N6O2/c1-2-16-6(4-10)3-8-12-9(14-17-8)7-5-11-15-13-7/h5-6H,2-4,10H2,1H3,(H,11,13,15). The summed E-state index contributed by atoms with van der Waals surface area (Å²) in [4.78, 5) is 4.19. The predicted molar refractivity (Wildman–Crippen MR) is 57.8 cm³/mol. The molecular formula is C9H14N6O2. The number of H-pyrrole nitrogens is 1. The summed E-state index contributed by atoms with van der Waals surface area (Å²) < 4.78 is 10.5. The Balaban J connectivity index is 2.03. The molecular weight excluding hydrogens is 224 g/mol. The zero-order chi connectivity index (χ0) is 12.1. The van der Waals surface area contributed by atoms with Crippen molar-refractivity contribution in [1.82, 2.24) is 25.6 Å². The van der Waals surface area contributed by atoms with Gasteiger partial charge in [-0.05, 0) is 6.92 Å². The van der Waals surface area contributed by atoms with Gasteiger partial charge in [0.05, 0.1) is 18.7 Å². The fraction of sp³-hybridized carbons (Fsp3) is 0.556. The van der Waals surface area contributed by atoms with Crippen molar-refractivity contribution in [2.75, 3.05) is 13.2 Å². The second-order valence-electron chi connectivity index (χ2n) is 3.38. The molecule has 2 rings (SSSR count). The molecule has 0 saturated carbocycles. The average molecular weight is 238 g/mol. The fourth-order valence-corrected chi connectivity index (χ4v) is 1.39. The number of aromatic nitrogens is 5. The SMILES string of the molecule is CCOC(CN)Cc1nc(-c2cn[nH]n2)no1. The van der Waals surface area contributed by atoms with Crippen LogP contribution in [-0.2, 0) is 11.2 Å². The van der Waals surface area contributed by atoms with Gasteiger partial charge < -0.3 is 15.0 Å². The van der Waals surface area contributed by atoms with Crippen LogP contribution in [0.1, 0.15) is 12.8 Å². The van der Waals surface area contributed by atoms with E-state index in [9.17, 15) is 0 Å². The molecule has 0 aliphatic heterocycles. The maximum Gasteiger partial charge on any atom is 0.229 e. The second-order valence-corrected chi connectivity index (χ2v) is 3.38. The summed E-state index contributed by atoms with van der Waals surface area (Å²) in [7, 11) is 0. The third-order valence-electron chi connectivity index (χ3n) is 2.18. The molecule has 0 bridgehead atoms. The highest BCUT2D eigenvalue weighted by Gasteiger charge is 2.15. The van der Waals surface area contributed by atoms with Crippen LogP contribution in [0.4, 0.5) is 0 Å². The summed E-state index contributed by atoms with van der Waals surface area (Å²) in [6.45, 7) is 2.93. The molecule has 8 nitrogen and oxygen atoms in total. The number of nitrogens with two attached hydrogens (primary N) is 1. The van der Waals surface area contributed by atoms with Crippen LogP contribution in [0.25, 0.3) is 11.5 Å². The fourth-order valence-electron chi connectivity index (χ4n) is 1.39. The molecule has 2 heterocycles. The zero-order valence-corrected chi connectivity index (χ0v) is 9.46. The Morgan fingerprint density at radius 3 is 3.12 bits per heavy atom. The Bertz CT molecular complexity index is 440. The van der Waals surface area contributed by atoms with Crippen LogP contribution in [0.15, 0.2) is 10.7 Å². The summed E-state index contributed by atoms with van der Waals surface area (Å²) in [5.74, 6) is 0.882. The smallest absolute Gasteiger partial charge is 0.229 e. The molecule has 3 N–H and O–H groups in total. The molecule has 0 fully saturated rings. The van der Waals surface area contributed by atoms with E-state index in [2.05, 4.69) is 25.6 Å². The summed E-state index contributed by atoms with van der Waals surface area (Å²) in [6.07, 6.45) is 1.91. The lowest BCUT2D eigenvalue weighted by atomic mass is 10.2. The van der Waals surface area contributed by atoms with Crippen molar-refractivity contribution in [2.24, 2.45) is 5.73 Å². The minimum atomic E-state index is -0.106. The maximum absolute atomic E-state index is 5.57. The molecule has 0 aliphatic carbocycles. The van der Waals surface area contributed by atoms with Gasteiger partial charge in [0.1, 0.15) is 0 Å². The summed E-state index contributed by atoms with van der Waals surface area (Å²) in [5.41, 5.74) is 6.11. The van der Waals surface area contributed by atoms with E-state index in [1.54, 1.807) is 0 Å². The highest BCUT2D eigenvalue weighted by molar-refractivity contribution is 5.44. The first-order valence-electron chi connectivity index (χ1n) is 5.33. The molecule has 0 spiro atoms. The van der Waals surface area contributed by atoms with E-state index in [1.807, 2.05) is 6.92 Å². The van der Waals surface area contributed by atoms with E-state index < -0.39 is 0 Å². The van der Waals surface area contributed by atoms with Gasteiger partial charge in [-0.2, -0.15) is 20.4 Å². The number of ether oxygens (including phenoxy) is 1. The Kier molecular flexibility index (Phi) is 3.78. The van der Waals surface area contributed by atoms with Crippen LogP contribution in [0.5, 0.6) is 0 Å². The first-order valence-corrected chi connectivity index (χ1v) is 5.33. The van der Waals surface area contributed by atoms with Gasteiger partial charge in [0, 0.05) is 13.2 Å². The van der Waals surface area contributed by atoms with E-state index in [0.29, 0.717) is 37.0 Å². The molecule has 0 radical (unpaired) electrons. The first kappa shape index (κ1) is 11.7. The van der Waals surface area contributed by atoms with Crippen molar-refractivity contribution >= 4 is 0 Å². The van der Waals surface area contributed by atoms with E-state index in [-0.39, 0.29) is 6.10 Å². The number of nitrogens with one attached hydrogen (secondary N) is 1. The third kappa shape index (κ3) is 2.86. The zero-order valence-electron chi connectivity index (χ0n) is 9.46. The van der Waals surface area contributed by atoms with Crippen LogP contribution in [0.3, 0.4) is 0 Å². The number of hydrogen-bond donors (Lipinski definition) is 2. The van der Waals surface area contributed by atoms with Crippen LogP contribution in [-0.4, -0.2) is 44.8 Å². The molecule has 92 valence electrons. The first-order chi connectivity index (χ1) is 8.33. The molecule has 0 saturated heterocycles. The molecule has 2 aromatic rings. The highest BCUT2D eigenvalue weighted by Crippen LogP contribution is 2.12. The minimum absolute atomic E-state index is 0.106. The van der Waals surface area contributed by atoms with Crippen molar-refractivity contribution < 1.29 is 9.26 Å². The van der Waals surface area contributed by atoms with Gasteiger partial charge in [-0.25, -0.2) is 0 Å². The number of hydrogen-bond acceptors (Lipinski definition) is 7. The lowest BCUT2D eigenvalue weighted by Gasteiger charge is -2.11. The van der Waals surface area contributed by atoms with Crippen molar-refractivity contribution in [3.05, 3.63) is 12.1 Å². The van der Waals surface area contributed by atoms with Gasteiger partial charge in [0.25, 0.3) is 0 Å². The van der Waals surface area contributed by atoms with E-state index >= 15 is 0 Å². The Morgan fingerprint density at radius 2 is 2.47 bits per heavy atom. The van der Waals surface area contributed by atoms with E-state index in [1.165, 1.54) is 6.20 Å². The summed E-state index contributed by atoms with van der Waals surface area (Å²) in [6, 6.07) is 0. The highest BCUT2D eigenvalue weighted by atomic mass is 16.5. The molecule has 8 heteroatoms. The number of nitrogens with zero attached hydrogens (tertiary/aromatic N) is 4. The molecule has 0 amide bonds. The maximum atomic E-state index is 5.57. The molecule has 0 aromatic carbocycles. The monoisotopic (exact) mass is 238 g/mol. The van der Waals surface area contributed by atoms with Crippen molar-refractivity contribution in [3.8, 4) is 11.5 Å². The van der Waals surface area contributed by atoms with Crippen molar-refractivity contribution in [2.45, 2.75) is 19.4 Å². The van der Waals surface area contributed by atoms with Gasteiger partial charge in [0.15, 0.2) is 5.69 Å². The quantitative estimate of drug-likeness (QED) is 0.713. The summed E-state index contributed by atoms with van der Waals surface area (Å²) >= 11 is 0.